The van der Waals surface area contributed by atoms with Crippen LogP contribution in [0.2, 0.25) is 0 Å². The van der Waals surface area contributed by atoms with Crippen molar-refractivity contribution in [1.29, 1.82) is 0 Å². The predicted octanol–water partition coefficient (Wildman–Crippen LogP) is 26.6. The molecule has 0 amide bonds. The number of hydrogen-bond donors (Lipinski definition) is 0. The topological polar surface area (TPSA) is 145 Å². The van der Waals surface area contributed by atoms with Gasteiger partial charge in [0.25, 0.3) is 0 Å². The first-order chi connectivity index (χ1) is 69.3. The Morgan fingerprint density at radius 2 is 0.493 bits per heavy atom. The highest BCUT2D eigenvalue weighted by Gasteiger charge is 2.43. The molecule has 15 heteroatoms. The number of hydrogen-bond acceptors (Lipinski definition) is 15. The smallest absolute Gasteiger partial charge is 0.141 e. The number of pyridine rings is 10. The molecule has 660 valence electrons. The van der Waals surface area contributed by atoms with Crippen molar-refractivity contribution in [2.45, 2.75) is 96.3 Å². The van der Waals surface area contributed by atoms with Crippen LogP contribution < -0.4 is 24.5 Å². The highest BCUT2D eigenvalue weighted by molar-refractivity contribution is 5.99. The monoisotopic (exact) mass is 1800 g/mol. The third-order valence-corrected chi connectivity index (χ3v) is 31.9. The standard InChI is InChI=1S/5C25H17N3/c1-2-6-20-15(4-1)10-18-12-19-11-16-7-9-26-22-13-17-5-3-8-27-25(17)28(24(16)22)23(19)14-21(18)20;1-2-6-20-15(4-1)10-18-12-19-13-22-24-16(7-9-26-22)11-17-5-3-8-27-25(17)28(24)23(19)14-21(18)20;1-2-6-21-15(4-1)8-17-10-18-11-20-14-26-13-19-9-16-5-3-7-27-25(16)28(24(19)20)23(18)12-22(17)21;1-2-5-18-15(4-1)12-16-7-8-22-19(24(16)18)13-17-9-11-27-21-14-20-23(6-3-10-26-20)28(22)25(17)21;1-2-4-20-15(3-1)9-18-11-19-12-22-25-17(6-8-27-22)10-16-5-7-26-14-24(16)28(25)23(19)13-21(18)20/h2*1-9,12,14H,10-11,13H2;1-7,10,12-14H,8-9,11H2;1-11H,12-14H2;1-8,11,13-14H,9-10,12H2. The molecule has 0 saturated carbocycles. The third-order valence-electron chi connectivity index (χ3n) is 31.9. The number of aromatic nitrogens is 10. The van der Waals surface area contributed by atoms with Crippen molar-refractivity contribution in [3.05, 3.63) is 503 Å². The highest BCUT2D eigenvalue weighted by Crippen LogP contribution is 2.60. The van der Waals surface area contributed by atoms with E-state index in [2.05, 4.69) is 276 Å². The summed E-state index contributed by atoms with van der Waals surface area (Å²) in [6, 6.07) is 95.6. The maximum absolute atomic E-state index is 4.79. The zero-order valence-corrected chi connectivity index (χ0v) is 76.6. The molecule has 10 aliphatic heterocycles. The van der Waals surface area contributed by atoms with Crippen molar-refractivity contribution in [1.82, 2.24) is 49.8 Å². The van der Waals surface area contributed by atoms with Gasteiger partial charge in [-0.2, -0.15) is 0 Å². The molecule has 10 aromatic carbocycles. The fourth-order valence-electron chi connectivity index (χ4n) is 25.9. The van der Waals surface area contributed by atoms with Crippen LogP contribution in [-0.2, 0) is 96.3 Å². The molecule has 35 rings (SSSR count). The lowest BCUT2D eigenvalue weighted by Gasteiger charge is -2.39. The second-order valence-corrected chi connectivity index (χ2v) is 39.6. The Hall–Kier alpha value is -17.3. The maximum atomic E-state index is 4.79. The number of benzene rings is 10. The molecular formula is C125H85N15. The van der Waals surface area contributed by atoms with Crippen LogP contribution in [0.15, 0.2) is 335 Å². The Balaban J connectivity index is 0.0000000806. The van der Waals surface area contributed by atoms with Gasteiger partial charge in [-0.3, -0.25) is 49.6 Å². The van der Waals surface area contributed by atoms with Gasteiger partial charge in [0, 0.05) is 138 Å². The van der Waals surface area contributed by atoms with E-state index in [1.54, 1.807) is 0 Å². The van der Waals surface area contributed by atoms with Crippen molar-refractivity contribution in [2.75, 3.05) is 24.5 Å². The summed E-state index contributed by atoms with van der Waals surface area (Å²) in [6.07, 6.45) is 37.6. The van der Waals surface area contributed by atoms with Crippen LogP contribution in [0.4, 0.5) is 85.7 Å². The minimum Gasteiger partial charge on any atom is -0.306 e. The molecule has 15 aliphatic rings. The molecular weight excluding hydrogens is 1710 g/mol. The van der Waals surface area contributed by atoms with Gasteiger partial charge in [-0.25, -0.2) is 15.0 Å². The van der Waals surface area contributed by atoms with Crippen LogP contribution in [0, 0.1) is 0 Å². The lowest BCUT2D eigenvalue weighted by atomic mass is 9.86. The first kappa shape index (κ1) is 77.9. The number of nitrogens with zero attached hydrogens (tertiary/aromatic N) is 15. The van der Waals surface area contributed by atoms with Crippen LogP contribution in [0.5, 0.6) is 0 Å². The number of anilines is 15. The summed E-state index contributed by atoms with van der Waals surface area (Å²) in [7, 11) is 0. The summed E-state index contributed by atoms with van der Waals surface area (Å²) in [5.41, 5.74) is 69.0. The van der Waals surface area contributed by atoms with Crippen molar-refractivity contribution in [3.8, 4) is 55.6 Å². The molecule has 0 spiro atoms. The van der Waals surface area contributed by atoms with Crippen molar-refractivity contribution in [3.63, 3.8) is 0 Å². The minimum absolute atomic E-state index is 0.805. The Morgan fingerprint density at radius 3 is 0.993 bits per heavy atom. The molecule has 0 radical (unpaired) electrons. The molecule has 0 bridgehead atoms. The van der Waals surface area contributed by atoms with Gasteiger partial charge >= 0.3 is 0 Å². The van der Waals surface area contributed by atoms with E-state index in [4.69, 9.17) is 34.9 Å². The van der Waals surface area contributed by atoms with Gasteiger partial charge in [0.05, 0.1) is 103 Å². The molecule has 0 unspecified atom stereocenters. The quantitative estimate of drug-likeness (QED) is 0.142. The molecule has 10 aromatic heterocycles. The van der Waals surface area contributed by atoms with Crippen LogP contribution in [0.1, 0.15) is 168 Å². The van der Waals surface area contributed by atoms with E-state index in [-0.39, 0.29) is 0 Å². The van der Waals surface area contributed by atoms with Gasteiger partial charge in [-0.15, -0.1) is 0 Å². The lowest BCUT2D eigenvalue weighted by Crippen LogP contribution is -2.26. The van der Waals surface area contributed by atoms with Crippen LogP contribution >= 0.6 is 0 Å². The fourth-order valence-corrected chi connectivity index (χ4v) is 25.9. The summed E-state index contributed by atoms with van der Waals surface area (Å²) in [6.45, 7) is 0. The Kier molecular flexibility index (Phi) is 16.8. The summed E-state index contributed by atoms with van der Waals surface area (Å²) in [5.74, 6) is 3.17. The molecule has 15 nitrogen and oxygen atoms in total. The van der Waals surface area contributed by atoms with Gasteiger partial charge in [-0.05, 0) is 312 Å². The van der Waals surface area contributed by atoms with Gasteiger partial charge in [0.15, 0.2) is 0 Å². The Bertz CT molecular complexity index is 7960. The van der Waals surface area contributed by atoms with Crippen LogP contribution in [0.25, 0.3) is 55.6 Å². The molecule has 5 aliphatic carbocycles. The average molecular weight is 1800 g/mol. The number of rotatable bonds is 0. The van der Waals surface area contributed by atoms with E-state index in [1.165, 1.54) is 269 Å². The largest absolute Gasteiger partial charge is 0.306 e. The number of fused-ring (bicyclic) bond motifs is 36. The summed E-state index contributed by atoms with van der Waals surface area (Å²) >= 11 is 0. The Morgan fingerprint density at radius 1 is 0.157 bits per heavy atom. The van der Waals surface area contributed by atoms with Crippen LogP contribution in [-0.4, -0.2) is 49.8 Å². The molecule has 0 saturated heterocycles. The molecule has 20 heterocycles. The fraction of sp³-hybridized carbons (Fsp3) is 0.120. The molecule has 140 heavy (non-hydrogen) atoms. The molecule has 20 aromatic rings. The van der Waals surface area contributed by atoms with Crippen LogP contribution in [0.3, 0.4) is 0 Å². The summed E-state index contributed by atoms with van der Waals surface area (Å²) in [5, 5.41) is 0. The second kappa shape index (κ2) is 30.1. The normalized spacial score (nSPS) is 14.6. The SMILES string of the molecule is c1ccc2c(c1)Cc1cc3c(cc1-2)N1c2cnccc2Cc2ccnc(c21)C3.c1ccc2c(c1)Cc1cc3c(cc1-2)N1c2ncccc2Cc2ccnc(c21)C3.c1ccc2c(c1)Cc1cc3c(cc1-2)N1c2ncccc2Cc2cncc(c21)C3.c1ccc2c(c1)Cc1cc3c(cc1-2)N1c2ncccc2Cc2nccc(c21)C3.c1ccc2c(c1)Cc1ccc3c(c1-2)Cc1ccnc2c1N3c1cccnc1C2. The van der Waals surface area contributed by atoms with E-state index in [1.807, 2.05) is 98.6 Å². The van der Waals surface area contributed by atoms with Gasteiger partial charge in [0.1, 0.15) is 17.5 Å². The van der Waals surface area contributed by atoms with Gasteiger partial charge in [0.2, 0.25) is 0 Å². The van der Waals surface area contributed by atoms with Crippen molar-refractivity contribution < 1.29 is 0 Å². The first-order valence-electron chi connectivity index (χ1n) is 49.1. The molecule has 0 N–H and O–H groups in total. The molecule has 0 atom stereocenters. The first-order valence-corrected chi connectivity index (χ1v) is 49.1. The van der Waals surface area contributed by atoms with E-state index in [9.17, 15) is 0 Å². The lowest BCUT2D eigenvalue weighted by molar-refractivity contribution is 0.927. The zero-order chi connectivity index (χ0) is 91.2. The van der Waals surface area contributed by atoms with Crippen molar-refractivity contribution >= 4 is 85.7 Å². The van der Waals surface area contributed by atoms with E-state index in [0.717, 1.165) is 137 Å². The zero-order valence-electron chi connectivity index (χ0n) is 76.6. The van der Waals surface area contributed by atoms with E-state index < -0.39 is 0 Å². The summed E-state index contributed by atoms with van der Waals surface area (Å²) in [4.78, 5) is 58.8. The predicted molar refractivity (Wildman–Crippen MR) is 553 cm³/mol. The van der Waals surface area contributed by atoms with Gasteiger partial charge < -0.3 is 9.80 Å². The molecule has 0 fully saturated rings. The van der Waals surface area contributed by atoms with E-state index >= 15 is 0 Å². The third kappa shape index (κ3) is 11.7. The Labute approximate surface area is 809 Å². The van der Waals surface area contributed by atoms with Gasteiger partial charge in [-0.1, -0.05) is 170 Å². The summed E-state index contributed by atoms with van der Waals surface area (Å²) < 4.78 is 0. The highest BCUT2D eigenvalue weighted by atomic mass is 15.3. The maximum Gasteiger partial charge on any atom is 0.141 e. The average Bonchev–Trinajstić information content (AvgIpc) is 1.27. The van der Waals surface area contributed by atoms with E-state index in [0.29, 0.717) is 0 Å². The second-order valence-electron chi connectivity index (χ2n) is 39.6. The van der Waals surface area contributed by atoms with Crippen molar-refractivity contribution in [2.24, 2.45) is 0 Å². The minimum atomic E-state index is 0.805.